The fraction of sp³-hybridized carbons (Fsp3) is 0.550. The van der Waals surface area contributed by atoms with Gasteiger partial charge in [-0.3, -0.25) is 9.89 Å². The van der Waals surface area contributed by atoms with Gasteiger partial charge in [0.15, 0.2) is 5.96 Å². The largest absolute Gasteiger partial charge is 0.494 e. The minimum Gasteiger partial charge on any atom is -0.494 e. The van der Waals surface area contributed by atoms with E-state index in [1.165, 1.54) is 17.5 Å². The van der Waals surface area contributed by atoms with Gasteiger partial charge in [-0.15, -0.1) is 24.0 Å². The molecule has 0 amide bonds. The van der Waals surface area contributed by atoms with E-state index in [1.54, 1.807) is 0 Å². The molecule has 0 spiro atoms. The van der Waals surface area contributed by atoms with Crippen LogP contribution in [0.1, 0.15) is 24.5 Å². The molecular weight excluding hydrogens is 439 g/mol. The summed E-state index contributed by atoms with van der Waals surface area (Å²) in [4.78, 5) is 9.41. The molecule has 6 heteroatoms. The maximum Gasteiger partial charge on any atom is 0.193 e. The monoisotopic (exact) mass is 470 g/mol. The van der Waals surface area contributed by atoms with Crippen molar-refractivity contribution < 1.29 is 4.74 Å². The molecule has 1 aromatic carbocycles. The van der Waals surface area contributed by atoms with Gasteiger partial charge in [0.2, 0.25) is 0 Å². The summed E-state index contributed by atoms with van der Waals surface area (Å²) in [6.07, 6.45) is 5.75. The lowest BCUT2D eigenvalue weighted by atomic mass is 10.1. The lowest BCUT2D eigenvalue weighted by Gasteiger charge is -2.25. The van der Waals surface area contributed by atoms with E-state index >= 15 is 0 Å². The summed E-state index contributed by atoms with van der Waals surface area (Å²) in [5.74, 6) is 1.97. The number of ether oxygens (including phenoxy) is 1. The van der Waals surface area contributed by atoms with Crippen LogP contribution >= 0.6 is 24.0 Å². The van der Waals surface area contributed by atoms with Crippen LogP contribution in [0.5, 0.6) is 5.75 Å². The molecule has 0 bridgehead atoms. The Hall–Kier alpha value is -1.28. The van der Waals surface area contributed by atoms with E-state index in [0.29, 0.717) is 12.6 Å². The Kier molecular flexibility index (Phi) is 8.21. The minimum atomic E-state index is 0. The summed E-state index contributed by atoms with van der Waals surface area (Å²) in [5, 5.41) is 3.52. The number of likely N-dealkylation sites (tertiary alicyclic amines) is 1. The Morgan fingerprint density at radius 1 is 1.31 bits per heavy atom. The Morgan fingerprint density at radius 2 is 2.08 bits per heavy atom. The van der Waals surface area contributed by atoms with Crippen molar-refractivity contribution in [2.75, 3.05) is 39.8 Å². The summed E-state index contributed by atoms with van der Waals surface area (Å²) >= 11 is 0. The molecule has 26 heavy (non-hydrogen) atoms. The predicted molar refractivity (Wildman–Crippen MR) is 119 cm³/mol. The summed E-state index contributed by atoms with van der Waals surface area (Å²) < 4.78 is 5.62. The molecule has 1 unspecified atom stereocenters. The van der Waals surface area contributed by atoms with E-state index in [4.69, 9.17) is 4.74 Å². The van der Waals surface area contributed by atoms with Gasteiger partial charge in [0, 0.05) is 45.8 Å². The maximum atomic E-state index is 5.62. The first kappa shape index (κ1) is 21.0. The quantitative estimate of drug-likeness (QED) is 0.311. The Labute approximate surface area is 174 Å². The van der Waals surface area contributed by atoms with Crippen LogP contribution in [0.3, 0.4) is 0 Å². The maximum absolute atomic E-state index is 5.62. The van der Waals surface area contributed by atoms with Crippen LogP contribution in [0.2, 0.25) is 0 Å². The summed E-state index contributed by atoms with van der Waals surface area (Å²) in [7, 11) is 1.87. The van der Waals surface area contributed by atoms with Crippen molar-refractivity contribution in [3.63, 3.8) is 0 Å². The number of hydrogen-bond acceptors (Lipinski definition) is 3. The van der Waals surface area contributed by atoms with Crippen LogP contribution in [0, 0.1) is 6.92 Å². The summed E-state index contributed by atoms with van der Waals surface area (Å²) in [6, 6.07) is 7.01. The van der Waals surface area contributed by atoms with E-state index in [1.807, 2.05) is 14.0 Å². The number of aliphatic imine (C=N–C) groups is 1. The van der Waals surface area contributed by atoms with Gasteiger partial charge in [-0.05, 0) is 37.5 Å². The highest BCUT2D eigenvalue weighted by Gasteiger charge is 2.29. The van der Waals surface area contributed by atoms with Gasteiger partial charge < -0.3 is 15.0 Å². The molecule has 2 aliphatic heterocycles. The summed E-state index contributed by atoms with van der Waals surface area (Å²) in [6.45, 7) is 9.91. The number of hydrogen-bond donors (Lipinski definition) is 1. The van der Waals surface area contributed by atoms with Crippen LogP contribution in [0.4, 0.5) is 0 Å². The Balaban J connectivity index is 0.00000243. The van der Waals surface area contributed by atoms with Gasteiger partial charge in [0.1, 0.15) is 5.75 Å². The fourth-order valence-corrected chi connectivity index (χ4v) is 3.68. The van der Waals surface area contributed by atoms with Crippen LogP contribution < -0.4 is 10.1 Å². The zero-order chi connectivity index (χ0) is 17.6. The molecule has 5 nitrogen and oxygen atoms in total. The van der Waals surface area contributed by atoms with Gasteiger partial charge in [0.25, 0.3) is 0 Å². The lowest BCUT2D eigenvalue weighted by molar-refractivity contribution is 0.259. The predicted octanol–water partition coefficient (Wildman–Crippen LogP) is 3.03. The third-order valence-electron chi connectivity index (χ3n) is 5.03. The first-order valence-electron chi connectivity index (χ1n) is 9.28. The topological polar surface area (TPSA) is 40.1 Å². The number of nitrogens with one attached hydrogen (secondary N) is 1. The van der Waals surface area contributed by atoms with E-state index in [-0.39, 0.29) is 24.0 Å². The van der Waals surface area contributed by atoms with E-state index < -0.39 is 0 Å². The first-order valence-corrected chi connectivity index (χ1v) is 9.28. The van der Waals surface area contributed by atoms with Crippen LogP contribution in [0.25, 0.3) is 0 Å². The molecule has 1 N–H and O–H groups in total. The number of aryl methyl sites for hydroxylation is 1. The molecule has 1 saturated heterocycles. The van der Waals surface area contributed by atoms with Crippen molar-refractivity contribution in [3.8, 4) is 5.75 Å². The number of halogens is 1. The zero-order valence-electron chi connectivity index (χ0n) is 16.1. The Bertz CT molecular complexity index is 639. The standard InChI is InChI=1S/C20H30N4O.HI/c1-4-25-19-8-7-17(13-16(19)2)14-22-20(21-3)24-12-9-18(15-24)23-10-5-6-11-23;/h5-8,13,18H,4,9-12,14-15H2,1-3H3,(H,21,22);1H. The van der Waals surface area contributed by atoms with Gasteiger partial charge in [0.05, 0.1) is 6.61 Å². The highest BCUT2D eigenvalue weighted by atomic mass is 127. The molecule has 0 radical (unpaired) electrons. The van der Waals surface area contributed by atoms with Crippen molar-refractivity contribution in [2.45, 2.75) is 32.9 Å². The molecule has 2 aliphatic rings. The van der Waals surface area contributed by atoms with Crippen molar-refractivity contribution in [3.05, 3.63) is 41.5 Å². The van der Waals surface area contributed by atoms with E-state index in [0.717, 1.165) is 44.4 Å². The number of guanidine groups is 1. The second-order valence-corrected chi connectivity index (χ2v) is 6.75. The van der Waals surface area contributed by atoms with Gasteiger partial charge >= 0.3 is 0 Å². The van der Waals surface area contributed by atoms with Crippen molar-refractivity contribution in [2.24, 2.45) is 4.99 Å². The second kappa shape index (κ2) is 10.2. The highest BCUT2D eigenvalue weighted by Crippen LogP contribution is 2.20. The molecule has 144 valence electrons. The molecule has 0 aromatic heterocycles. The second-order valence-electron chi connectivity index (χ2n) is 6.75. The van der Waals surface area contributed by atoms with Crippen LogP contribution in [-0.2, 0) is 6.54 Å². The van der Waals surface area contributed by atoms with Crippen LogP contribution in [-0.4, -0.2) is 61.6 Å². The third kappa shape index (κ3) is 5.13. The molecule has 2 heterocycles. The van der Waals surface area contributed by atoms with E-state index in [9.17, 15) is 0 Å². The van der Waals surface area contributed by atoms with Crippen molar-refractivity contribution >= 4 is 29.9 Å². The molecule has 0 saturated carbocycles. The number of nitrogens with zero attached hydrogens (tertiary/aromatic N) is 3. The van der Waals surface area contributed by atoms with Crippen molar-refractivity contribution in [1.29, 1.82) is 0 Å². The van der Waals surface area contributed by atoms with Gasteiger partial charge in [-0.25, -0.2) is 0 Å². The first-order chi connectivity index (χ1) is 12.2. The number of rotatable bonds is 5. The normalized spacial score (nSPS) is 20.3. The molecule has 0 aliphatic carbocycles. The molecule has 3 rings (SSSR count). The van der Waals surface area contributed by atoms with Crippen molar-refractivity contribution in [1.82, 2.24) is 15.1 Å². The van der Waals surface area contributed by atoms with Crippen LogP contribution in [0.15, 0.2) is 35.3 Å². The molecular formula is C20H31IN4O. The molecule has 1 fully saturated rings. The SMILES string of the molecule is CCOc1ccc(CNC(=NC)N2CCC(N3CC=CC3)C2)cc1C.I. The lowest BCUT2D eigenvalue weighted by Crippen LogP contribution is -2.42. The molecule has 1 aromatic rings. The summed E-state index contributed by atoms with van der Waals surface area (Å²) in [5.41, 5.74) is 2.43. The Morgan fingerprint density at radius 3 is 2.73 bits per heavy atom. The average molecular weight is 470 g/mol. The average Bonchev–Trinajstić information content (AvgIpc) is 3.29. The fourth-order valence-electron chi connectivity index (χ4n) is 3.68. The third-order valence-corrected chi connectivity index (χ3v) is 5.03. The minimum absolute atomic E-state index is 0. The van der Waals surface area contributed by atoms with Gasteiger partial charge in [-0.1, -0.05) is 24.3 Å². The van der Waals surface area contributed by atoms with Gasteiger partial charge in [-0.2, -0.15) is 0 Å². The zero-order valence-corrected chi connectivity index (χ0v) is 18.4. The highest BCUT2D eigenvalue weighted by molar-refractivity contribution is 14.0. The number of benzene rings is 1. The smallest absolute Gasteiger partial charge is 0.193 e. The molecule has 1 atom stereocenters. The van der Waals surface area contributed by atoms with E-state index in [2.05, 4.69) is 57.4 Å².